The van der Waals surface area contributed by atoms with Gasteiger partial charge < -0.3 is 43.0 Å². The zero-order chi connectivity index (χ0) is 30.9. The van der Waals surface area contributed by atoms with Crippen molar-refractivity contribution in [3.8, 4) is 0 Å². The number of aliphatic imine (C=N–C) groups is 1. The Morgan fingerprint density at radius 2 is 1.63 bits per heavy atom. The summed E-state index contributed by atoms with van der Waals surface area (Å²) in [5, 5.41) is 12.9. The highest BCUT2D eigenvalue weighted by Crippen LogP contribution is 2.21. The van der Waals surface area contributed by atoms with Crippen molar-refractivity contribution in [2.45, 2.75) is 57.7 Å². The van der Waals surface area contributed by atoms with Gasteiger partial charge in [-0.15, -0.1) is 0 Å². The zero-order valence-corrected chi connectivity index (χ0v) is 23.7. The number of carbonyl (C=O) groups excluding carboxylic acids is 6. The van der Waals surface area contributed by atoms with E-state index in [1.807, 2.05) is 0 Å². The van der Waals surface area contributed by atoms with Crippen molar-refractivity contribution in [1.29, 1.82) is 0 Å². The largest absolute Gasteiger partial charge is 0.370 e. The van der Waals surface area contributed by atoms with Crippen LogP contribution in [0.1, 0.15) is 39.5 Å². The molecule has 0 aromatic carbocycles. The topological polar surface area (TPSA) is 230 Å². The standard InChI is InChI=1S/C26H43N9O6/c1-5-19(36)29-12-13-30-21(38)15-32-23(39)17(9-7-11-31-26(27)28)33-24(40)18-10-8-14-35(18)25(41)22(16(3)4)34-20(37)6-2/h5-6,16-18,22H,1-2,7-15H2,3-4H3,(H,29,36)(H,30,38)(H,32,39)(H,33,40)(H,34,37)(H4,27,28,31)/t17-,18-,22-/m0/s1. The first-order chi connectivity index (χ1) is 19.4. The Balaban J connectivity index is 2.87. The average molecular weight is 578 g/mol. The van der Waals surface area contributed by atoms with Crippen molar-refractivity contribution in [3.63, 3.8) is 0 Å². The number of nitrogens with zero attached hydrogens (tertiary/aromatic N) is 2. The maximum atomic E-state index is 13.3. The lowest BCUT2D eigenvalue weighted by Gasteiger charge is -2.31. The van der Waals surface area contributed by atoms with Crippen LogP contribution >= 0.6 is 0 Å². The second-order valence-corrected chi connectivity index (χ2v) is 9.70. The van der Waals surface area contributed by atoms with Gasteiger partial charge in [0.2, 0.25) is 35.4 Å². The molecule has 15 nitrogen and oxygen atoms in total. The monoisotopic (exact) mass is 577 g/mol. The summed E-state index contributed by atoms with van der Waals surface area (Å²) in [4.78, 5) is 80.0. The summed E-state index contributed by atoms with van der Waals surface area (Å²) in [6, 6.07) is -2.72. The van der Waals surface area contributed by atoms with Crippen LogP contribution in [-0.4, -0.2) is 97.2 Å². The second kappa shape index (κ2) is 18.0. The summed E-state index contributed by atoms with van der Waals surface area (Å²) in [5.41, 5.74) is 10.7. The molecule has 228 valence electrons. The molecule has 0 saturated carbocycles. The lowest BCUT2D eigenvalue weighted by Crippen LogP contribution is -2.57. The molecule has 15 heteroatoms. The van der Waals surface area contributed by atoms with Crippen LogP contribution < -0.4 is 38.1 Å². The van der Waals surface area contributed by atoms with Crippen LogP contribution in [0, 0.1) is 5.92 Å². The van der Waals surface area contributed by atoms with Crippen LogP contribution in [0.4, 0.5) is 0 Å². The Kier molecular flexibility index (Phi) is 15.2. The molecular weight excluding hydrogens is 534 g/mol. The first kappa shape index (κ1) is 34.6. The Bertz CT molecular complexity index is 1010. The van der Waals surface area contributed by atoms with Gasteiger partial charge in [0, 0.05) is 26.2 Å². The van der Waals surface area contributed by atoms with Gasteiger partial charge >= 0.3 is 0 Å². The van der Waals surface area contributed by atoms with Crippen molar-refractivity contribution in [1.82, 2.24) is 31.5 Å². The van der Waals surface area contributed by atoms with Gasteiger partial charge in [-0.25, -0.2) is 0 Å². The average Bonchev–Trinajstić information content (AvgIpc) is 3.43. The Morgan fingerprint density at radius 1 is 0.976 bits per heavy atom. The number of amides is 6. The molecule has 0 unspecified atom stereocenters. The van der Waals surface area contributed by atoms with Gasteiger partial charge in [-0.3, -0.25) is 33.8 Å². The van der Waals surface area contributed by atoms with Crippen LogP contribution in [0.3, 0.4) is 0 Å². The molecule has 1 aliphatic heterocycles. The highest BCUT2D eigenvalue weighted by molar-refractivity contribution is 5.96. The minimum Gasteiger partial charge on any atom is -0.370 e. The third-order valence-corrected chi connectivity index (χ3v) is 6.19. The van der Waals surface area contributed by atoms with E-state index >= 15 is 0 Å². The van der Waals surface area contributed by atoms with Crippen LogP contribution in [0.25, 0.3) is 0 Å². The number of carbonyl (C=O) groups is 6. The van der Waals surface area contributed by atoms with Crippen molar-refractivity contribution >= 4 is 41.4 Å². The Morgan fingerprint density at radius 3 is 2.24 bits per heavy atom. The highest BCUT2D eigenvalue weighted by atomic mass is 16.2. The number of nitrogens with one attached hydrogen (secondary N) is 5. The van der Waals surface area contributed by atoms with E-state index in [-0.39, 0.29) is 50.4 Å². The van der Waals surface area contributed by atoms with Gasteiger partial charge in [0.1, 0.15) is 18.1 Å². The quantitative estimate of drug-likeness (QED) is 0.0417. The Labute approximate surface area is 240 Å². The SMILES string of the molecule is C=CC(=O)NCCNC(=O)CNC(=O)[C@H](CCCN=C(N)N)NC(=O)[C@@H]1CCCN1C(=O)[C@@H](NC(=O)C=C)C(C)C. The van der Waals surface area contributed by atoms with E-state index in [9.17, 15) is 28.8 Å². The smallest absolute Gasteiger partial charge is 0.246 e. The first-order valence-corrected chi connectivity index (χ1v) is 13.4. The molecule has 1 rings (SSSR count). The van der Waals surface area contributed by atoms with Crippen molar-refractivity contribution in [2.24, 2.45) is 22.4 Å². The highest BCUT2D eigenvalue weighted by Gasteiger charge is 2.39. The normalized spacial score (nSPS) is 15.6. The van der Waals surface area contributed by atoms with Gasteiger partial charge in [-0.2, -0.15) is 0 Å². The summed E-state index contributed by atoms with van der Waals surface area (Å²) in [7, 11) is 0. The van der Waals surface area contributed by atoms with E-state index in [4.69, 9.17) is 11.5 Å². The molecule has 0 bridgehead atoms. The molecule has 0 spiro atoms. The number of hydrogen-bond acceptors (Lipinski definition) is 7. The summed E-state index contributed by atoms with van der Waals surface area (Å²) in [6.45, 7) is 10.8. The fourth-order valence-electron chi connectivity index (χ4n) is 4.06. The van der Waals surface area contributed by atoms with Gasteiger partial charge in [-0.05, 0) is 43.8 Å². The number of rotatable bonds is 17. The molecule has 1 fully saturated rings. The molecule has 0 radical (unpaired) electrons. The van der Waals surface area contributed by atoms with Crippen LogP contribution in [0.2, 0.25) is 0 Å². The fraction of sp³-hybridized carbons (Fsp3) is 0.577. The predicted octanol–water partition coefficient (Wildman–Crippen LogP) is -2.62. The van der Waals surface area contributed by atoms with Crippen LogP contribution in [0.15, 0.2) is 30.3 Å². The van der Waals surface area contributed by atoms with Crippen molar-refractivity contribution < 1.29 is 28.8 Å². The maximum absolute atomic E-state index is 13.3. The van der Waals surface area contributed by atoms with Crippen LogP contribution in [-0.2, 0) is 28.8 Å². The third-order valence-electron chi connectivity index (χ3n) is 6.19. The minimum absolute atomic E-state index is 0.112. The lowest BCUT2D eigenvalue weighted by atomic mass is 10.0. The van der Waals surface area contributed by atoms with E-state index in [0.29, 0.717) is 25.8 Å². The molecule has 9 N–H and O–H groups in total. The molecule has 0 aromatic rings. The maximum Gasteiger partial charge on any atom is 0.246 e. The summed E-state index contributed by atoms with van der Waals surface area (Å²) >= 11 is 0. The van der Waals surface area contributed by atoms with Crippen LogP contribution in [0.5, 0.6) is 0 Å². The van der Waals surface area contributed by atoms with Gasteiger partial charge in [0.05, 0.1) is 6.54 Å². The second-order valence-electron chi connectivity index (χ2n) is 9.70. The molecule has 1 heterocycles. The van der Waals surface area contributed by atoms with E-state index in [1.165, 1.54) is 4.90 Å². The van der Waals surface area contributed by atoms with Gasteiger partial charge in [0.25, 0.3) is 0 Å². The van der Waals surface area contributed by atoms with E-state index in [2.05, 4.69) is 44.7 Å². The first-order valence-electron chi connectivity index (χ1n) is 13.4. The van der Waals surface area contributed by atoms with Gasteiger partial charge in [0.15, 0.2) is 5.96 Å². The molecule has 1 saturated heterocycles. The molecule has 41 heavy (non-hydrogen) atoms. The van der Waals surface area contributed by atoms with E-state index < -0.39 is 47.7 Å². The van der Waals surface area contributed by atoms with Crippen molar-refractivity contribution in [3.05, 3.63) is 25.3 Å². The third kappa shape index (κ3) is 12.5. The summed E-state index contributed by atoms with van der Waals surface area (Å²) in [6.07, 6.45) is 3.64. The Hall–Kier alpha value is -4.43. The zero-order valence-electron chi connectivity index (χ0n) is 23.7. The minimum atomic E-state index is -1.03. The molecule has 1 aliphatic rings. The van der Waals surface area contributed by atoms with Gasteiger partial charge in [-0.1, -0.05) is 27.0 Å². The molecule has 6 amide bonds. The molecule has 0 aliphatic carbocycles. The lowest BCUT2D eigenvalue weighted by molar-refractivity contribution is -0.142. The summed E-state index contributed by atoms with van der Waals surface area (Å²) in [5.74, 6) is -3.26. The number of nitrogens with two attached hydrogens (primary N) is 2. The fourth-order valence-corrected chi connectivity index (χ4v) is 4.06. The molecule has 3 atom stereocenters. The number of guanidine groups is 1. The summed E-state index contributed by atoms with van der Waals surface area (Å²) < 4.78 is 0. The predicted molar refractivity (Wildman–Crippen MR) is 153 cm³/mol. The number of hydrogen-bond donors (Lipinski definition) is 7. The van der Waals surface area contributed by atoms with E-state index in [1.54, 1.807) is 13.8 Å². The number of likely N-dealkylation sites (tertiary alicyclic amines) is 1. The molecule has 0 aromatic heterocycles. The van der Waals surface area contributed by atoms with E-state index in [0.717, 1.165) is 12.2 Å². The van der Waals surface area contributed by atoms with Crippen molar-refractivity contribution in [2.75, 3.05) is 32.7 Å². The molecular formula is C26H43N9O6.